The van der Waals surface area contributed by atoms with Crippen LogP contribution in [0.15, 0.2) is 6.33 Å². The van der Waals surface area contributed by atoms with E-state index >= 15 is 0 Å². The van der Waals surface area contributed by atoms with E-state index in [9.17, 15) is 4.79 Å². The molecule has 1 saturated heterocycles. The Morgan fingerprint density at radius 3 is 2.72 bits per heavy atom. The number of amides is 1. The summed E-state index contributed by atoms with van der Waals surface area (Å²) in [4.78, 5) is 14.2. The number of aryl methyl sites for hydroxylation is 1. The van der Waals surface area contributed by atoms with Crippen molar-refractivity contribution >= 4 is 5.91 Å². The predicted molar refractivity (Wildman–Crippen MR) is 67.8 cm³/mol. The SMILES string of the molecule is CC(C)NC1CCN(C(C)c2nncn2C)C1=O. The molecule has 2 rings (SSSR count). The van der Waals surface area contributed by atoms with Crippen LogP contribution in [-0.2, 0) is 11.8 Å². The van der Waals surface area contributed by atoms with Gasteiger partial charge in [-0.15, -0.1) is 10.2 Å². The highest BCUT2D eigenvalue weighted by Gasteiger charge is 2.36. The van der Waals surface area contributed by atoms with E-state index in [0.717, 1.165) is 18.8 Å². The first-order valence-corrected chi connectivity index (χ1v) is 6.41. The first-order chi connectivity index (χ1) is 8.50. The van der Waals surface area contributed by atoms with Gasteiger partial charge in [0.05, 0.1) is 12.1 Å². The van der Waals surface area contributed by atoms with E-state index in [1.165, 1.54) is 0 Å². The van der Waals surface area contributed by atoms with Crippen LogP contribution in [0.3, 0.4) is 0 Å². The summed E-state index contributed by atoms with van der Waals surface area (Å²) in [5.74, 6) is 0.993. The van der Waals surface area contributed by atoms with Gasteiger partial charge >= 0.3 is 0 Å². The van der Waals surface area contributed by atoms with Crippen molar-refractivity contribution in [2.75, 3.05) is 6.54 Å². The van der Waals surface area contributed by atoms with E-state index in [0.29, 0.717) is 6.04 Å². The maximum absolute atomic E-state index is 12.3. The minimum Gasteiger partial charge on any atom is -0.331 e. The molecule has 100 valence electrons. The van der Waals surface area contributed by atoms with E-state index in [-0.39, 0.29) is 18.0 Å². The summed E-state index contributed by atoms with van der Waals surface area (Å²) < 4.78 is 1.86. The summed E-state index contributed by atoms with van der Waals surface area (Å²) in [6, 6.07) is 0.244. The number of nitrogens with one attached hydrogen (secondary N) is 1. The lowest BCUT2D eigenvalue weighted by Gasteiger charge is -2.24. The van der Waals surface area contributed by atoms with E-state index in [1.54, 1.807) is 6.33 Å². The van der Waals surface area contributed by atoms with Gasteiger partial charge < -0.3 is 14.8 Å². The minimum absolute atomic E-state index is 0.0241. The average Bonchev–Trinajstić information content (AvgIpc) is 2.86. The summed E-state index contributed by atoms with van der Waals surface area (Å²) in [6.07, 6.45) is 2.52. The summed E-state index contributed by atoms with van der Waals surface area (Å²) in [5.41, 5.74) is 0. The van der Waals surface area contributed by atoms with Gasteiger partial charge in [0.15, 0.2) is 5.82 Å². The number of hydrogen-bond donors (Lipinski definition) is 1. The first kappa shape index (κ1) is 13.0. The molecule has 1 aromatic heterocycles. The monoisotopic (exact) mass is 251 g/mol. The summed E-state index contributed by atoms with van der Waals surface area (Å²) >= 11 is 0. The molecule has 1 aromatic rings. The van der Waals surface area contributed by atoms with Crippen molar-refractivity contribution in [3.8, 4) is 0 Å². The van der Waals surface area contributed by atoms with Crippen molar-refractivity contribution in [1.29, 1.82) is 0 Å². The Morgan fingerprint density at radius 1 is 1.44 bits per heavy atom. The zero-order valence-corrected chi connectivity index (χ0v) is 11.4. The van der Waals surface area contributed by atoms with Crippen LogP contribution in [0.1, 0.15) is 39.1 Å². The molecule has 0 aromatic carbocycles. The third-order valence-electron chi connectivity index (χ3n) is 3.36. The lowest BCUT2D eigenvalue weighted by atomic mass is 10.2. The van der Waals surface area contributed by atoms with Crippen molar-refractivity contribution in [3.05, 3.63) is 12.2 Å². The Kier molecular flexibility index (Phi) is 3.65. The Labute approximate surface area is 107 Å². The topological polar surface area (TPSA) is 63.0 Å². The minimum atomic E-state index is -0.0549. The van der Waals surface area contributed by atoms with Gasteiger partial charge in [-0.3, -0.25) is 4.79 Å². The van der Waals surface area contributed by atoms with E-state index in [1.807, 2.05) is 23.4 Å². The highest BCUT2D eigenvalue weighted by Crippen LogP contribution is 2.24. The first-order valence-electron chi connectivity index (χ1n) is 6.41. The van der Waals surface area contributed by atoms with Gasteiger partial charge in [0.25, 0.3) is 0 Å². The number of nitrogens with zero attached hydrogens (tertiary/aromatic N) is 4. The molecule has 0 saturated carbocycles. The molecule has 0 spiro atoms. The Hall–Kier alpha value is -1.43. The Balaban J connectivity index is 2.07. The lowest BCUT2D eigenvalue weighted by molar-refractivity contribution is -0.131. The van der Waals surface area contributed by atoms with Crippen LogP contribution < -0.4 is 5.32 Å². The van der Waals surface area contributed by atoms with Crippen molar-refractivity contribution in [3.63, 3.8) is 0 Å². The van der Waals surface area contributed by atoms with Gasteiger partial charge in [-0.2, -0.15) is 0 Å². The molecule has 6 nitrogen and oxygen atoms in total. The van der Waals surface area contributed by atoms with Gasteiger partial charge in [-0.05, 0) is 13.3 Å². The molecule has 0 aliphatic carbocycles. The number of rotatable bonds is 4. The van der Waals surface area contributed by atoms with E-state index in [4.69, 9.17) is 0 Å². The predicted octanol–water partition coefficient (Wildman–Crippen LogP) is 0.475. The average molecular weight is 251 g/mol. The number of aromatic nitrogens is 3. The number of hydrogen-bond acceptors (Lipinski definition) is 4. The quantitative estimate of drug-likeness (QED) is 0.845. The Morgan fingerprint density at radius 2 is 2.17 bits per heavy atom. The zero-order chi connectivity index (χ0) is 13.3. The third-order valence-corrected chi connectivity index (χ3v) is 3.36. The second-order valence-corrected chi connectivity index (χ2v) is 5.17. The van der Waals surface area contributed by atoms with E-state index < -0.39 is 0 Å². The molecular formula is C12H21N5O. The number of likely N-dealkylation sites (tertiary alicyclic amines) is 1. The molecular weight excluding hydrogens is 230 g/mol. The molecule has 18 heavy (non-hydrogen) atoms. The van der Waals surface area contributed by atoms with Gasteiger partial charge in [0.1, 0.15) is 6.33 Å². The summed E-state index contributed by atoms with van der Waals surface area (Å²) in [5, 5.41) is 11.2. The van der Waals surface area contributed by atoms with Crippen LogP contribution in [0.25, 0.3) is 0 Å². The van der Waals surface area contributed by atoms with Crippen LogP contribution in [0, 0.1) is 0 Å². The highest BCUT2D eigenvalue weighted by molar-refractivity contribution is 5.84. The molecule has 6 heteroatoms. The van der Waals surface area contributed by atoms with Crippen LogP contribution in [0.5, 0.6) is 0 Å². The highest BCUT2D eigenvalue weighted by atomic mass is 16.2. The van der Waals surface area contributed by atoms with Gasteiger partial charge in [0.2, 0.25) is 5.91 Å². The molecule has 1 N–H and O–H groups in total. The summed E-state index contributed by atoms with van der Waals surface area (Å²) in [6.45, 7) is 6.89. The molecule has 2 unspecified atom stereocenters. The van der Waals surface area contributed by atoms with Crippen LogP contribution in [0.2, 0.25) is 0 Å². The van der Waals surface area contributed by atoms with Gasteiger partial charge in [-0.25, -0.2) is 0 Å². The fourth-order valence-electron chi connectivity index (χ4n) is 2.45. The molecule has 0 radical (unpaired) electrons. The van der Waals surface area contributed by atoms with Gasteiger partial charge in [0, 0.05) is 19.6 Å². The van der Waals surface area contributed by atoms with E-state index in [2.05, 4.69) is 29.4 Å². The van der Waals surface area contributed by atoms with Crippen molar-refractivity contribution in [2.24, 2.45) is 7.05 Å². The molecule has 1 fully saturated rings. The number of carbonyl (C=O) groups excluding carboxylic acids is 1. The van der Waals surface area contributed by atoms with Crippen molar-refractivity contribution in [2.45, 2.75) is 45.3 Å². The normalized spacial score (nSPS) is 21.9. The maximum Gasteiger partial charge on any atom is 0.240 e. The maximum atomic E-state index is 12.3. The van der Waals surface area contributed by atoms with Gasteiger partial charge in [-0.1, -0.05) is 13.8 Å². The zero-order valence-electron chi connectivity index (χ0n) is 11.4. The molecule has 1 aliphatic heterocycles. The fraction of sp³-hybridized carbons (Fsp3) is 0.750. The van der Waals surface area contributed by atoms with Crippen molar-refractivity contribution < 1.29 is 4.79 Å². The molecule has 2 heterocycles. The van der Waals surface area contributed by atoms with Crippen LogP contribution in [0.4, 0.5) is 0 Å². The Bertz CT molecular complexity index is 428. The lowest BCUT2D eigenvalue weighted by Crippen LogP contribution is -2.42. The van der Waals surface area contributed by atoms with Crippen molar-refractivity contribution in [1.82, 2.24) is 25.0 Å². The molecule has 2 atom stereocenters. The van der Waals surface area contributed by atoms with Crippen LogP contribution >= 0.6 is 0 Å². The smallest absolute Gasteiger partial charge is 0.240 e. The largest absolute Gasteiger partial charge is 0.331 e. The third kappa shape index (κ3) is 2.38. The summed E-state index contributed by atoms with van der Waals surface area (Å²) in [7, 11) is 1.90. The second-order valence-electron chi connectivity index (χ2n) is 5.17. The molecule has 1 aliphatic rings. The molecule has 1 amide bonds. The fourth-order valence-corrected chi connectivity index (χ4v) is 2.45. The molecule has 0 bridgehead atoms. The standard InChI is InChI=1S/C12H21N5O/c1-8(2)14-10-5-6-17(12(10)18)9(3)11-15-13-7-16(11)4/h7-10,14H,5-6H2,1-4H3. The van der Waals surface area contributed by atoms with Crippen LogP contribution in [-0.4, -0.2) is 44.2 Å². The second kappa shape index (κ2) is 5.06. The number of carbonyl (C=O) groups is 1.